The zero-order valence-electron chi connectivity index (χ0n) is 11.0. The van der Waals surface area contributed by atoms with Crippen molar-refractivity contribution in [3.8, 4) is 0 Å². The van der Waals surface area contributed by atoms with Crippen LogP contribution in [-0.2, 0) is 11.2 Å². The zero-order chi connectivity index (χ0) is 13.7. The summed E-state index contributed by atoms with van der Waals surface area (Å²) in [5, 5.41) is 4.02. The van der Waals surface area contributed by atoms with Crippen LogP contribution in [0.3, 0.4) is 0 Å². The van der Waals surface area contributed by atoms with E-state index in [0.29, 0.717) is 23.0 Å². The first-order chi connectivity index (χ1) is 8.41. The molecule has 0 fully saturated rings. The topological polar surface area (TPSA) is 55.1 Å². The number of halogens is 3. The van der Waals surface area contributed by atoms with Crippen LogP contribution in [0.15, 0.2) is 18.2 Å². The predicted octanol–water partition coefficient (Wildman–Crippen LogP) is 3.06. The second kappa shape index (κ2) is 8.64. The summed E-state index contributed by atoms with van der Waals surface area (Å²) < 4.78 is 0. The summed E-state index contributed by atoms with van der Waals surface area (Å²) >= 11 is 11.8. The van der Waals surface area contributed by atoms with Gasteiger partial charge in [-0.25, -0.2) is 0 Å². The van der Waals surface area contributed by atoms with Gasteiger partial charge in [0.1, 0.15) is 0 Å². The van der Waals surface area contributed by atoms with Gasteiger partial charge in [-0.3, -0.25) is 4.79 Å². The van der Waals surface area contributed by atoms with Crippen LogP contribution in [0.1, 0.15) is 19.4 Å². The molecule has 0 aliphatic carbocycles. The van der Waals surface area contributed by atoms with Crippen LogP contribution < -0.4 is 11.1 Å². The fourth-order valence-corrected chi connectivity index (χ4v) is 1.97. The smallest absolute Gasteiger partial charge is 0.237 e. The highest BCUT2D eigenvalue weighted by Crippen LogP contribution is 2.21. The van der Waals surface area contributed by atoms with Crippen LogP contribution in [0.2, 0.25) is 10.0 Å². The molecule has 1 unspecified atom stereocenters. The first-order valence-electron chi connectivity index (χ1n) is 5.89. The maximum absolute atomic E-state index is 11.6. The van der Waals surface area contributed by atoms with Crippen molar-refractivity contribution in [1.82, 2.24) is 5.32 Å². The molecule has 0 radical (unpaired) electrons. The number of nitrogens with one attached hydrogen (secondary N) is 1. The van der Waals surface area contributed by atoms with E-state index >= 15 is 0 Å². The van der Waals surface area contributed by atoms with Crippen LogP contribution in [0, 0.1) is 5.92 Å². The van der Waals surface area contributed by atoms with Crippen LogP contribution in [0.25, 0.3) is 0 Å². The number of amides is 1. The third-order valence-electron chi connectivity index (χ3n) is 2.73. The van der Waals surface area contributed by atoms with Crippen molar-refractivity contribution in [2.24, 2.45) is 11.7 Å². The second-order valence-corrected chi connectivity index (χ2v) is 5.39. The molecule has 1 aromatic carbocycles. The van der Waals surface area contributed by atoms with E-state index in [1.807, 2.05) is 19.9 Å². The minimum absolute atomic E-state index is 0. The predicted molar refractivity (Wildman–Crippen MR) is 83.2 cm³/mol. The minimum Gasteiger partial charge on any atom is -0.354 e. The molecule has 0 aliphatic rings. The number of carbonyl (C=O) groups excluding carboxylic acids is 1. The third-order valence-corrected chi connectivity index (χ3v) is 3.32. The Morgan fingerprint density at radius 1 is 1.37 bits per heavy atom. The number of carbonyl (C=O) groups is 1. The molecule has 0 aromatic heterocycles. The Labute approximate surface area is 130 Å². The van der Waals surface area contributed by atoms with E-state index in [0.717, 1.165) is 5.56 Å². The van der Waals surface area contributed by atoms with Gasteiger partial charge in [0, 0.05) is 16.6 Å². The van der Waals surface area contributed by atoms with Gasteiger partial charge in [-0.2, -0.15) is 0 Å². The van der Waals surface area contributed by atoms with E-state index < -0.39 is 6.04 Å². The SMILES string of the molecule is CC(C)C(N)C(=O)NCCc1ccc(Cl)cc1Cl.Cl. The van der Waals surface area contributed by atoms with Gasteiger partial charge in [0.2, 0.25) is 5.91 Å². The number of hydrogen-bond donors (Lipinski definition) is 2. The molecule has 19 heavy (non-hydrogen) atoms. The Hall–Kier alpha value is -0.480. The lowest BCUT2D eigenvalue weighted by Crippen LogP contribution is -2.44. The zero-order valence-corrected chi connectivity index (χ0v) is 13.3. The van der Waals surface area contributed by atoms with Crippen LogP contribution in [0.4, 0.5) is 0 Å². The standard InChI is InChI=1S/C13H18Cl2N2O.ClH/c1-8(2)12(16)13(18)17-6-5-9-3-4-10(14)7-11(9)15;/h3-4,7-8,12H,5-6,16H2,1-2H3,(H,17,18);1H. The summed E-state index contributed by atoms with van der Waals surface area (Å²) in [5.74, 6) is -0.000735. The Morgan fingerprint density at radius 3 is 2.53 bits per heavy atom. The molecule has 1 amide bonds. The number of nitrogens with two attached hydrogens (primary N) is 1. The number of benzene rings is 1. The van der Waals surface area contributed by atoms with Gasteiger partial charge in [-0.1, -0.05) is 43.1 Å². The summed E-state index contributed by atoms with van der Waals surface area (Å²) in [5.41, 5.74) is 6.69. The Morgan fingerprint density at radius 2 is 2.00 bits per heavy atom. The highest BCUT2D eigenvalue weighted by Gasteiger charge is 2.16. The largest absolute Gasteiger partial charge is 0.354 e. The summed E-state index contributed by atoms with van der Waals surface area (Å²) in [6.07, 6.45) is 0.659. The monoisotopic (exact) mass is 324 g/mol. The molecule has 1 rings (SSSR count). The van der Waals surface area contributed by atoms with E-state index in [2.05, 4.69) is 5.32 Å². The van der Waals surface area contributed by atoms with Crippen LogP contribution in [-0.4, -0.2) is 18.5 Å². The lowest BCUT2D eigenvalue weighted by atomic mass is 10.0. The van der Waals surface area contributed by atoms with Gasteiger partial charge in [0.05, 0.1) is 6.04 Å². The molecule has 6 heteroatoms. The Balaban J connectivity index is 0.00000324. The van der Waals surface area contributed by atoms with Crippen molar-refractivity contribution in [2.45, 2.75) is 26.3 Å². The lowest BCUT2D eigenvalue weighted by Gasteiger charge is -2.15. The minimum atomic E-state index is -0.467. The van der Waals surface area contributed by atoms with Gasteiger partial charge in [-0.05, 0) is 30.0 Å². The van der Waals surface area contributed by atoms with Gasteiger partial charge in [-0.15, -0.1) is 12.4 Å². The van der Waals surface area contributed by atoms with Crippen molar-refractivity contribution >= 4 is 41.5 Å². The average Bonchev–Trinajstić information content (AvgIpc) is 2.30. The molecule has 3 N–H and O–H groups in total. The average molecular weight is 326 g/mol. The van der Waals surface area contributed by atoms with Crippen molar-refractivity contribution in [3.05, 3.63) is 33.8 Å². The highest BCUT2D eigenvalue weighted by molar-refractivity contribution is 6.35. The van der Waals surface area contributed by atoms with Crippen LogP contribution in [0.5, 0.6) is 0 Å². The van der Waals surface area contributed by atoms with E-state index in [4.69, 9.17) is 28.9 Å². The summed E-state index contributed by atoms with van der Waals surface area (Å²) in [6, 6.07) is 4.87. The molecule has 0 saturated heterocycles. The highest BCUT2D eigenvalue weighted by atomic mass is 35.5. The molecule has 3 nitrogen and oxygen atoms in total. The number of rotatable bonds is 5. The van der Waals surface area contributed by atoms with E-state index in [-0.39, 0.29) is 24.2 Å². The summed E-state index contributed by atoms with van der Waals surface area (Å²) in [7, 11) is 0. The molecule has 1 aromatic rings. The Kier molecular flexibility index (Phi) is 8.42. The quantitative estimate of drug-likeness (QED) is 0.874. The van der Waals surface area contributed by atoms with E-state index in [9.17, 15) is 4.79 Å². The van der Waals surface area contributed by atoms with Crippen molar-refractivity contribution < 1.29 is 4.79 Å². The maximum atomic E-state index is 11.6. The fraction of sp³-hybridized carbons (Fsp3) is 0.462. The molecule has 0 saturated carbocycles. The van der Waals surface area contributed by atoms with Gasteiger partial charge >= 0.3 is 0 Å². The maximum Gasteiger partial charge on any atom is 0.237 e. The van der Waals surface area contributed by atoms with Crippen LogP contribution >= 0.6 is 35.6 Å². The summed E-state index contributed by atoms with van der Waals surface area (Å²) in [4.78, 5) is 11.6. The van der Waals surface area contributed by atoms with Crippen molar-refractivity contribution in [2.75, 3.05) is 6.54 Å². The van der Waals surface area contributed by atoms with E-state index in [1.54, 1.807) is 12.1 Å². The molecular formula is C13H19Cl3N2O. The molecule has 1 atom stereocenters. The number of hydrogen-bond acceptors (Lipinski definition) is 2. The first kappa shape index (κ1) is 18.5. The second-order valence-electron chi connectivity index (χ2n) is 4.55. The molecular weight excluding hydrogens is 307 g/mol. The molecule has 0 bridgehead atoms. The van der Waals surface area contributed by atoms with Gasteiger partial charge in [0.25, 0.3) is 0 Å². The normalized spacial score (nSPS) is 11.9. The van der Waals surface area contributed by atoms with Crippen molar-refractivity contribution in [3.63, 3.8) is 0 Å². The lowest BCUT2D eigenvalue weighted by molar-refractivity contribution is -0.123. The Bertz CT molecular complexity index is 424. The molecule has 0 spiro atoms. The fourth-order valence-electron chi connectivity index (χ4n) is 1.47. The molecule has 0 aliphatic heterocycles. The molecule has 0 heterocycles. The third kappa shape index (κ3) is 6.00. The van der Waals surface area contributed by atoms with E-state index in [1.165, 1.54) is 0 Å². The van der Waals surface area contributed by atoms with Gasteiger partial charge in [0.15, 0.2) is 0 Å². The van der Waals surface area contributed by atoms with Crippen molar-refractivity contribution in [1.29, 1.82) is 0 Å². The molecule has 108 valence electrons. The first-order valence-corrected chi connectivity index (χ1v) is 6.64. The summed E-state index contributed by atoms with van der Waals surface area (Å²) in [6.45, 7) is 4.35. The van der Waals surface area contributed by atoms with Gasteiger partial charge < -0.3 is 11.1 Å².